The highest BCUT2D eigenvalue weighted by atomic mass is 16.1. The average Bonchev–Trinajstić information content (AvgIpc) is 2.08. The molecule has 0 radical (unpaired) electrons. The summed E-state index contributed by atoms with van der Waals surface area (Å²) in [5.74, 6) is 0.285. The fraction of sp³-hybridized carbons (Fsp3) is 0.636. The van der Waals surface area contributed by atoms with Gasteiger partial charge in [-0.1, -0.05) is 5.73 Å². The number of rotatable bonds is 1. The van der Waals surface area contributed by atoms with E-state index in [0.29, 0.717) is 6.42 Å². The second kappa shape index (κ2) is 4.29. The topological polar surface area (TPSA) is 20.3 Å². The van der Waals surface area contributed by atoms with Gasteiger partial charge in [0.15, 0.2) is 5.78 Å². The van der Waals surface area contributed by atoms with Gasteiger partial charge in [-0.3, -0.25) is 4.79 Å². The number of hydrogen-bond acceptors (Lipinski definition) is 2. The standard InChI is InChI=1S/C11H17NO/c1-9(12(2)3)8-10-6-4-5-7-11(10)13/h4-7H2,1-3H3. The summed E-state index contributed by atoms with van der Waals surface area (Å²) < 4.78 is 0. The molecule has 0 aromatic carbocycles. The Hall–Kier alpha value is -1.01. The van der Waals surface area contributed by atoms with E-state index in [0.717, 1.165) is 30.5 Å². The fourth-order valence-corrected chi connectivity index (χ4v) is 1.34. The van der Waals surface area contributed by atoms with Crippen LogP contribution >= 0.6 is 0 Å². The zero-order chi connectivity index (χ0) is 9.84. The molecule has 0 unspecified atom stereocenters. The van der Waals surface area contributed by atoms with Crippen LogP contribution in [-0.2, 0) is 4.79 Å². The molecule has 0 atom stereocenters. The molecular weight excluding hydrogens is 162 g/mol. The molecule has 1 fully saturated rings. The normalized spacial score (nSPS) is 16.8. The molecule has 1 rings (SSSR count). The van der Waals surface area contributed by atoms with Gasteiger partial charge < -0.3 is 4.90 Å². The fourth-order valence-electron chi connectivity index (χ4n) is 1.34. The Morgan fingerprint density at radius 1 is 1.31 bits per heavy atom. The SMILES string of the molecule is CC(=C=C1CCCCC1=O)N(C)C. The Morgan fingerprint density at radius 2 is 1.92 bits per heavy atom. The van der Waals surface area contributed by atoms with E-state index in [2.05, 4.69) is 5.73 Å². The van der Waals surface area contributed by atoms with Crippen molar-refractivity contribution >= 4 is 5.78 Å². The smallest absolute Gasteiger partial charge is 0.166 e. The molecular formula is C11H17NO. The number of nitrogens with zero attached hydrogens (tertiary/aromatic N) is 1. The van der Waals surface area contributed by atoms with Crippen LogP contribution in [0.15, 0.2) is 17.0 Å². The number of ketones is 1. The van der Waals surface area contributed by atoms with E-state index in [4.69, 9.17) is 0 Å². The van der Waals surface area contributed by atoms with Crippen LogP contribution in [0.1, 0.15) is 32.6 Å². The molecule has 2 nitrogen and oxygen atoms in total. The van der Waals surface area contributed by atoms with Gasteiger partial charge in [0.2, 0.25) is 0 Å². The Morgan fingerprint density at radius 3 is 2.46 bits per heavy atom. The maximum Gasteiger partial charge on any atom is 0.166 e. The molecule has 0 amide bonds. The second-order valence-electron chi connectivity index (χ2n) is 3.71. The first-order chi connectivity index (χ1) is 6.11. The summed E-state index contributed by atoms with van der Waals surface area (Å²) in [5, 5.41) is 0. The Balaban J connectivity index is 2.90. The van der Waals surface area contributed by atoms with Crippen LogP contribution in [0.3, 0.4) is 0 Å². The summed E-state index contributed by atoms with van der Waals surface area (Å²) in [4.78, 5) is 13.4. The van der Waals surface area contributed by atoms with Crippen LogP contribution in [0, 0.1) is 0 Å². The minimum absolute atomic E-state index is 0.285. The lowest BCUT2D eigenvalue weighted by molar-refractivity contribution is -0.116. The zero-order valence-electron chi connectivity index (χ0n) is 8.68. The van der Waals surface area contributed by atoms with Crippen LogP contribution in [-0.4, -0.2) is 24.8 Å². The first-order valence-corrected chi connectivity index (χ1v) is 4.78. The van der Waals surface area contributed by atoms with Gasteiger partial charge in [-0.05, 0) is 26.2 Å². The highest BCUT2D eigenvalue weighted by molar-refractivity contribution is 5.95. The summed E-state index contributed by atoms with van der Waals surface area (Å²) in [6.45, 7) is 1.98. The van der Waals surface area contributed by atoms with Crippen LogP contribution in [0.25, 0.3) is 0 Å². The van der Waals surface area contributed by atoms with Crippen molar-refractivity contribution in [2.24, 2.45) is 0 Å². The third-order valence-electron chi connectivity index (χ3n) is 2.42. The van der Waals surface area contributed by atoms with E-state index in [-0.39, 0.29) is 5.78 Å². The number of carbonyl (C=O) groups excluding carboxylic acids is 1. The van der Waals surface area contributed by atoms with Crippen molar-refractivity contribution < 1.29 is 4.79 Å². The first kappa shape index (κ1) is 10.1. The van der Waals surface area contributed by atoms with Gasteiger partial charge in [0.25, 0.3) is 0 Å². The van der Waals surface area contributed by atoms with E-state index >= 15 is 0 Å². The molecule has 0 heterocycles. The van der Waals surface area contributed by atoms with Crippen molar-refractivity contribution in [3.8, 4) is 0 Å². The predicted molar refractivity (Wildman–Crippen MR) is 53.4 cm³/mol. The highest BCUT2D eigenvalue weighted by Gasteiger charge is 2.14. The number of carbonyl (C=O) groups is 1. The van der Waals surface area contributed by atoms with E-state index in [1.165, 1.54) is 0 Å². The zero-order valence-corrected chi connectivity index (χ0v) is 8.68. The van der Waals surface area contributed by atoms with E-state index in [1.54, 1.807) is 0 Å². The van der Waals surface area contributed by atoms with Crippen molar-refractivity contribution in [3.63, 3.8) is 0 Å². The summed E-state index contributed by atoms with van der Waals surface area (Å²) in [6, 6.07) is 0. The molecule has 1 aliphatic carbocycles. The molecule has 1 aliphatic rings. The van der Waals surface area contributed by atoms with Gasteiger partial charge in [0, 0.05) is 26.1 Å². The summed E-state index contributed by atoms with van der Waals surface area (Å²) >= 11 is 0. The lowest BCUT2D eigenvalue weighted by Crippen LogP contribution is -2.10. The average molecular weight is 179 g/mol. The lowest BCUT2D eigenvalue weighted by Gasteiger charge is -2.13. The lowest BCUT2D eigenvalue weighted by atomic mass is 9.94. The maximum absolute atomic E-state index is 11.4. The van der Waals surface area contributed by atoms with Crippen LogP contribution in [0.4, 0.5) is 0 Å². The summed E-state index contributed by atoms with van der Waals surface area (Å²) in [7, 11) is 3.94. The largest absolute Gasteiger partial charge is 0.375 e. The van der Waals surface area contributed by atoms with Gasteiger partial charge in [0.05, 0.1) is 5.70 Å². The van der Waals surface area contributed by atoms with Crippen LogP contribution in [0.2, 0.25) is 0 Å². The number of Topliss-reactive ketones (excluding diaryl/α,β-unsaturated/α-hetero) is 1. The second-order valence-corrected chi connectivity index (χ2v) is 3.71. The minimum atomic E-state index is 0.285. The summed E-state index contributed by atoms with van der Waals surface area (Å²) in [6.07, 6.45) is 3.80. The molecule has 13 heavy (non-hydrogen) atoms. The van der Waals surface area contributed by atoms with Crippen molar-refractivity contribution in [2.75, 3.05) is 14.1 Å². The number of hydrogen-bond donors (Lipinski definition) is 0. The molecule has 0 aromatic rings. The number of allylic oxidation sites excluding steroid dienone is 1. The Bertz CT molecular complexity index is 270. The van der Waals surface area contributed by atoms with Crippen molar-refractivity contribution in [1.82, 2.24) is 4.90 Å². The third-order valence-corrected chi connectivity index (χ3v) is 2.42. The summed E-state index contributed by atoms with van der Waals surface area (Å²) in [5.41, 5.74) is 5.10. The predicted octanol–water partition coefficient (Wildman–Crippen LogP) is 2.12. The van der Waals surface area contributed by atoms with E-state index in [9.17, 15) is 4.79 Å². The minimum Gasteiger partial charge on any atom is -0.375 e. The molecule has 0 spiro atoms. The quantitative estimate of drug-likeness (QED) is 0.454. The van der Waals surface area contributed by atoms with Crippen molar-refractivity contribution in [3.05, 3.63) is 17.0 Å². The Labute approximate surface area is 79.9 Å². The third kappa shape index (κ3) is 2.74. The molecule has 2 heteroatoms. The first-order valence-electron chi connectivity index (χ1n) is 4.78. The van der Waals surface area contributed by atoms with Crippen molar-refractivity contribution in [2.45, 2.75) is 32.6 Å². The van der Waals surface area contributed by atoms with Gasteiger partial charge in [-0.25, -0.2) is 0 Å². The monoisotopic (exact) mass is 179 g/mol. The molecule has 1 saturated carbocycles. The van der Waals surface area contributed by atoms with Gasteiger partial charge in [-0.2, -0.15) is 0 Å². The van der Waals surface area contributed by atoms with E-state index < -0.39 is 0 Å². The molecule has 0 saturated heterocycles. The molecule has 0 N–H and O–H groups in total. The van der Waals surface area contributed by atoms with Crippen LogP contribution in [0.5, 0.6) is 0 Å². The molecule has 0 aromatic heterocycles. The van der Waals surface area contributed by atoms with Crippen molar-refractivity contribution in [1.29, 1.82) is 0 Å². The Kier molecular flexibility index (Phi) is 3.32. The maximum atomic E-state index is 11.4. The molecule has 0 aliphatic heterocycles. The molecule has 72 valence electrons. The highest BCUT2D eigenvalue weighted by Crippen LogP contribution is 2.19. The van der Waals surface area contributed by atoms with Gasteiger partial charge in [-0.15, -0.1) is 0 Å². The molecule has 0 bridgehead atoms. The van der Waals surface area contributed by atoms with Gasteiger partial charge in [0.1, 0.15) is 0 Å². The van der Waals surface area contributed by atoms with E-state index in [1.807, 2.05) is 25.9 Å². The van der Waals surface area contributed by atoms with Crippen LogP contribution < -0.4 is 0 Å². The van der Waals surface area contributed by atoms with Gasteiger partial charge >= 0.3 is 0 Å².